The molecule has 1 amide bonds. The lowest BCUT2D eigenvalue weighted by molar-refractivity contribution is -0.137. The number of ether oxygens (including phenoxy) is 1. The van der Waals surface area contributed by atoms with Crippen molar-refractivity contribution in [3.63, 3.8) is 0 Å². The number of aliphatic carboxylic acids is 1. The van der Waals surface area contributed by atoms with E-state index in [1.165, 1.54) is 0 Å². The summed E-state index contributed by atoms with van der Waals surface area (Å²) in [5.41, 5.74) is 0.0727. The molecule has 1 aromatic carbocycles. The SMILES string of the molecule is CC(C)(C)OC(=O)NCC(CC(=O)O)c1ccc(Cl)c(Cl)c1. The minimum atomic E-state index is -0.970. The molecule has 7 heteroatoms. The van der Waals surface area contributed by atoms with Gasteiger partial charge in [0, 0.05) is 12.5 Å². The number of hydrogen-bond donors (Lipinski definition) is 2. The molecule has 1 rings (SSSR count). The number of amides is 1. The smallest absolute Gasteiger partial charge is 0.407 e. The molecule has 122 valence electrons. The van der Waals surface area contributed by atoms with E-state index in [2.05, 4.69) is 5.32 Å². The van der Waals surface area contributed by atoms with Crippen LogP contribution >= 0.6 is 23.2 Å². The normalized spacial score (nSPS) is 12.6. The van der Waals surface area contributed by atoms with E-state index in [-0.39, 0.29) is 13.0 Å². The Hall–Kier alpha value is -1.46. The van der Waals surface area contributed by atoms with Gasteiger partial charge in [0.25, 0.3) is 0 Å². The molecule has 0 saturated heterocycles. The van der Waals surface area contributed by atoms with E-state index in [0.717, 1.165) is 0 Å². The number of carboxylic acid groups (broad SMARTS) is 1. The number of rotatable bonds is 5. The fourth-order valence-corrected chi connectivity index (χ4v) is 2.11. The third kappa shape index (κ3) is 6.54. The predicted molar refractivity (Wildman–Crippen MR) is 85.7 cm³/mol. The molecule has 1 atom stereocenters. The highest BCUT2D eigenvalue weighted by atomic mass is 35.5. The number of carboxylic acids is 1. The van der Waals surface area contributed by atoms with Gasteiger partial charge in [-0.05, 0) is 38.5 Å². The van der Waals surface area contributed by atoms with Gasteiger partial charge >= 0.3 is 12.1 Å². The zero-order valence-corrected chi connectivity index (χ0v) is 14.2. The molecule has 0 saturated carbocycles. The summed E-state index contributed by atoms with van der Waals surface area (Å²) in [6, 6.07) is 4.90. The fraction of sp³-hybridized carbons (Fsp3) is 0.467. The minimum absolute atomic E-state index is 0.124. The first kappa shape index (κ1) is 18.6. The third-order valence-corrected chi connectivity index (χ3v) is 3.47. The second-order valence-corrected chi connectivity index (χ2v) is 6.67. The van der Waals surface area contributed by atoms with Crippen LogP contribution in [0.15, 0.2) is 18.2 Å². The predicted octanol–water partition coefficient (Wildman–Crippen LogP) is 4.08. The van der Waals surface area contributed by atoms with Gasteiger partial charge in [0.1, 0.15) is 5.60 Å². The lowest BCUT2D eigenvalue weighted by Gasteiger charge is -2.22. The van der Waals surface area contributed by atoms with Gasteiger partial charge in [0.15, 0.2) is 0 Å². The fourth-order valence-electron chi connectivity index (χ4n) is 1.81. The Balaban J connectivity index is 2.78. The van der Waals surface area contributed by atoms with E-state index in [1.54, 1.807) is 39.0 Å². The molecule has 0 bridgehead atoms. The monoisotopic (exact) mass is 347 g/mol. The van der Waals surface area contributed by atoms with Crippen LogP contribution in [0.1, 0.15) is 38.7 Å². The summed E-state index contributed by atoms with van der Waals surface area (Å²) in [5, 5.41) is 12.3. The van der Waals surface area contributed by atoms with Crippen molar-refractivity contribution in [3.05, 3.63) is 33.8 Å². The third-order valence-electron chi connectivity index (χ3n) is 2.73. The van der Waals surface area contributed by atoms with Crippen LogP contribution in [0.3, 0.4) is 0 Å². The van der Waals surface area contributed by atoms with Gasteiger partial charge in [-0.25, -0.2) is 4.79 Å². The summed E-state index contributed by atoms with van der Waals surface area (Å²) in [6.45, 7) is 5.38. The zero-order valence-electron chi connectivity index (χ0n) is 12.7. The van der Waals surface area contributed by atoms with Crippen LogP contribution in [0.25, 0.3) is 0 Å². The van der Waals surface area contributed by atoms with Gasteiger partial charge in [0.2, 0.25) is 0 Å². The van der Waals surface area contributed by atoms with Gasteiger partial charge in [-0.1, -0.05) is 29.3 Å². The number of hydrogen-bond acceptors (Lipinski definition) is 3. The molecule has 2 N–H and O–H groups in total. The number of nitrogens with one attached hydrogen (secondary N) is 1. The van der Waals surface area contributed by atoms with Crippen molar-refractivity contribution in [1.29, 1.82) is 0 Å². The molecular formula is C15H19Cl2NO4. The second kappa shape index (κ2) is 7.70. The van der Waals surface area contributed by atoms with E-state index < -0.39 is 23.6 Å². The van der Waals surface area contributed by atoms with Crippen molar-refractivity contribution in [2.75, 3.05) is 6.54 Å². The molecule has 1 unspecified atom stereocenters. The largest absolute Gasteiger partial charge is 0.481 e. The van der Waals surface area contributed by atoms with Crippen LogP contribution in [-0.2, 0) is 9.53 Å². The van der Waals surface area contributed by atoms with Crippen LogP contribution in [0, 0.1) is 0 Å². The van der Waals surface area contributed by atoms with Crippen molar-refractivity contribution in [2.24, 2.45) is 0 Å². The minimum Gasteiger partial charge on any atom is -0.481 e. The first-order valence-electron chi connectivity index (χ1n) is 6.72. The first-order valence-corrected chi connectivity index (χ1v) is 7.47. The molecule has 0 fully saturated rings. The Kier molecular flexibility index (Phi) is 6.50. The average molecular weight is 348 g/mol. The van der Waals surface area contributed by atoms with Crippen LogP contribution in [0.4, 0.5) is 4.79 Å². The molecule has 0 aliphatic rings. The molecule has 1 aromatic rings. The van der Waals surface area contributed by atoms with Gasteiger partial charge in [-0.3, -0.25) is 4.79 Å². The molecule has 0 aliphatic heterocycles. The van der Waals surface area contributed by atoms with Crippen LogP contribution in [0.2, 0.25) is 10.0 Å². The number of carbonyl (C=O) groups excluding carboxylic acids is 1. The summed E-state index contributed by atoms with van der Waals surface area (Å²) in [5.74, 6) is -1.40. The molecular weight excluding hydrogens is 329 g/mol. The summed E-state index contributed by atoms with van der Waals surface area (Å²) < 4.78 is 5.13. The van der Waals surface area contributed by atoms with Gasteiger partial charge < -0.3 is 15.2 Å². The second-order valence-electron chi connectivity index (χ2n) is 5.85. The molecule has 22 heavy (non-hydrogen) atoms. The van der Waals surface area contributed by atoms with E-state index in [0.29, 0.717) is 15.6 Å². The molecule has 0 spiro atoms. The van der Waals surface area contributed by atoms with Gasteiger partial charge in [0.05, 0.1) is 16.5 Å². The maximum atomic E-state index is 11.7. The van der Waals surface area contributed by atoms with Crippen LogP contribution < -0.4 is 5.32 Å². The Morgan fingerprint density at radius 1 is 1.27 bits per heavy atom. The maximum Gasteiger partial charge on any atom is 0.407 e. The highest BCUT2D eigenvalue weighted by Crippen LogP contribution is 2.28. The van der Waals surface area contributed by atoms with Crippen molar-refractivity contribution >= 4 is 35.3 Å². The van der Waals surface area contributed by atoms with E-state index in [1.807, 2.05) is 0 Å². The Morgan fingerprint density at radius 3 is 2.41 bits per heavy atom. The summed E-state index contributed by atoms with van der Waals surface area (Å²) in [4.78, 5) is 22.7. The topological polar surface area (TPSA) is 75.6 Å². The van der Waals surface area contributed by atoms with Crippen molar-refractivity contribution in [2.45, 2.75) is 38.7 Å². The lowest BCUT2D eigenvalue weighted by Crippen LogP contribution is -2.35. The number of carbonyl (C=O) groups is 2. The van der Waals surface area contributed by atoms with Crippen LogP contribution in [0.5, 0.6) is 0 Å². The van der Waals surface area contributed by atoms with E-state index in [9.17, 15) is 9.59 Å². The molecule has 0 aliphatic carbocycles. The molecule has 0 aromatic heterocycles. The standard InChI is InChI=1S/C15H19Cl2NO4/c1-15(2,3)22-14(21)18-8-10(7-13(19)20)9-4-5-11(16)12(17)6-9/h4-6,10H,7-8H2,1-3H3,(H,18,21)(H,19,20). The summed E-state index contributed by atoms with van der Waals surface area (Å²) >= 11 is 11.8. The van der Waals surface area contributed by atoms with E-state index >= 15 is 0 Å². The Labute approximate surface area is 139 Å². The van der Waals surface area contributed by atoms with E-state index in [4.69, 9.17) is 33.0 Å². The quantitative estimate of drug-likeness (QED) is 0.841. The Morgan fingerprint density at radius 2 is 1.91 bits per heavy atom. The first-order chi connectivity index (χ1) is 10.1. The highest BCUT2D eigenvalue weighted by Gasteiger charge is 2.20. The average Bonchev–Trinajstić information content (AvgIpc) is 2.35. The summed E-state index contributed by atoms with van der Waals surface area (Å²) in [7, 11) is 0. The Bertz CT molecular complexity index is 555. The molecule has 5 nitrogen and oxygen atoms in total. The number of benzene rings is 1. The van der Waals surface area contributed by atoms with Gasteiger partial charge in [-0.2, -0.15) is 0 Å². The maximum absolute atomic E-state index is 11.7. The molecule has 0 heterocycles. The number of alkyl carbamates (subject to hydrolysis) is 1. The zero-order chi connectivity index (χ0) is 16.9. The van der Waals surface area contributed by atoms with Crippen molar-refractivity contribution < 1.29 is 19.4 Å². The lowest BCUT2D eigenvalue weighted by atomic mass is 9.96. The van der Waals surface area contributed by atoms with Crippen LogP contribution in [-0.4, -0.2) is 29.3 Å². The molecule has 0 radical (unpaired) electrons. The highest BCUT2D eigenvalue weighted by molar-refractivity contribution is 6.42. The van der Waals surface area contributed by atoms with Crippen molar-refractivity contribution in [1.82, 2.24) is 5.32 Å². The summed E-state index contributed by atoms with van der Waals surface area (Å²) in [6.07, 6.45) is -0.740. The van der Waals surface area contributed by atoms with Gasteiger partial charge in [-0.15, -0.1) is 0 Å². The number of halogens is 2. The van der Waals surface area contributed by atoms with Crippen molar-refractivity contribution in [3.8, 4) is 0 Å².